The van der Waals surface area contributed by atoms with Crippen LogP contribution in [-0.4, -0.2) is 55.0 Å². The van der Waals surface area contributed by atoms with Crippen molar-refractivity contribution in [2.75, 3.05) is 13.2 Å². The first kappa shape index (κ1) is 24.2. The van der Waals surface area contributed by atoms with E-state index in [1.54, 1.807) is 23.0 Å². The van der Waals surface area contributed by atoms with Gasteiger partial charge in [0.05, 0.1) is 24.5 Å². The molecular formula is C26H28Cl2N6O. The number of nitrogens with zero attached hydrogens (tertiary/aromatic N) is 6. The number of hydrogen-bond donors (Lipinski definition) is 1. The van der Waals surface area contributed by atoms with Gasteiger partial charge < -0.3 is 5.11 Å². The maximum absolute atomic E-state index is 9.77. The van der Waals surface area contributed by atoms with Gasteiger partial charge in [0.25, 0.3) is 0 Å². The molecule has 1 aromatic carbocycles. The fourth-order valence-corrected chi connectivity index (χ4v) is 6.20. The topological polar surface area (TPSA) is 90.9 Å². The average Bonchev–Trinajstić information content (AvgIpc) is 3.47. The quantitative estimate of drug-likeness (QED) is 0.503. The summed E-state index contributed by atoms with van der Waals surface area (Å²) in [6.07, 6.45) is 8.17. The van der Waals surface area contributed by atoms with Crippen molar-refractivity contribution in [2.24, 2.45) is 5.92 Å². The highest BCUT2D eigenvalue weighted by molar-refractivity contribution is 6.35. The van der Waals surface area contributed by atoms with Crippen LogP contribution in [0, 0.1) is 17.2 Å². The molecule has 7 nitrogen and oxygen atoms in total. The number of fused-ring (bicyclic) bond motifs is 1. The molecule has 182 valence electrons. The smallest absolute Gasteiger partial charge is 0.190 e. The van der Waals surface area contributed by atoms with Crippen LogP contribution in [-0.2, 0) is 0 Å². The van der Waals surface area contributed by atoms with Crippen molar-refractivity contribution in [3.8, 4) is 6.07 Å². The summed E-state index contributed by atoms with van der Waals surface area (Å²) in [4.78, 5) is 12.0. The number of aliphatic hydroxyl groups is 1. The lowest BCUT2D eigenvalue weighted by molar-refractivity contribution is 0.0950. The molecule has 2 aliphatic rings. The van der Waals surface area contributed by atoms with Crippen molar-refractivity contribution in [3.05, 3.63) is 57.5 Å². The molecule has 1 N–H and O–H groups in total. The normalized spacial score (nSPS) is 23.9. The average molecular weight is 511 g/mol. The molecule has 3 aromatic rings. The van der Waals surface area contributed by atoms with E-state index in [1.807, 2.05) is 13.0 Å². The number of allylic oxidation sites excluding steroid dienone is 1. The Morgan fingerprint density at radius 3 is 2.83 bits per heavy atom. The predicted octanol–water partition coefficient (Wildman–Crippen LogP) is 5.25. The Morgan fingerprint density at radius 2 is 2.11 bits per heavy atom. The van der Waals surface area contributed by atoms with Gasteiger partial charge in [-0.2, -0.15) is 10.4 Å². The molecule has 2 aromatic heterocycles. The largest absolute Gasteiger partial charge is 0.395 e. The van der Waals surface area contributed by atoms with E-state index in [9.17, 15) is 10.4 Å². The molecule has 3 heterocycles. The van der Waals surface area contributed by atoms with Gasteiger partial charge in [0.15, 0.2) is 11.3 Å². The summed E-state index contributed by atoms with van der Waals surface area (Å²) in [6.45, 7) is 5.49. The summed E-state index contributed by atoms with van der Waals surface area (Å²) in [5.74, 6) is 0.342. The number of aliphatic hydroxyl groups excluding tert-OH is 1. The first-order valence-corrected chi connectivity index (χ1v) is 12.8. The number of benzene rings is 1. The minimum Gasteiger partial charge on any atom is -0.395 e. The van der Waals surface area contributed by atoms with Gasteiger partial charge in [0.1, 0.15) is 11.6 Å². The fourth-order valence-electron chi connectivity index (χ4n) is 5.63. The predicted molar refractivity (Wildman–Crippen MR) is 137 cm³/mol. The summed E-state index contributed by atoms with van der Waals surface area (Å²) < 4.78 is 1.73. The second-order valence-corrected chi connectivity index (χ2v) is 10.4. The van der Waals surface area contributed by atoms with Crippen LogP contribution in [0.2, 0.25) is 10.0 Å². The lowest BCUT2D eigenvalue weighted by Gasteiger charge is -2.38. The van der Waals surface area contributed by atoms with Crippen LogP contribution in [0.4, 0.5) is 0 Å². The molecule has 9 heteroatoms. The number of halogens is 2. The van der Waals surface area contributed by atoms with Gasteiger partial charge in [-0.05, 0) is 68.3 Å². The van der Waals surface area contributed by atoms with Crippen molar-refractivity contribution < 1.29 is 5.11 Å². The number of nitriles is 1. The molecule has 0 amide bonds. The van der Waals surface area contributed by atoms with Crippen molar-refractivity contribution in [1.29, 1.82) is 5.26 Å². The molecule has 4 atom stereocenters. The monoisotopic (exact) mass is 510 g/mol. The Hall–Kier alpha value is -2.50. The molecule has 0 radical (unpaired) electrons. The highest BCUT2D eigenvalue weighted by Crippen LogP contribution is 2.36. The zero-order valence-corrected chi connectivity index (χ0v) is 21.3. The highest BCUT2D eigenvalue weighted by Gasteiger charge is 2.34. The molecule has 5 rings (SSSR count). The SMILES string of the molecule is C[C@@H]1C=C(c2cnc3c(C#N)nn([C@H](C)c4ccc(Cl)cc4Cl)c3n2)CC[C@@H]1N1CCCC1CO. The summed E-state index contributed by atoms with van der Waals surface area (Å²) in [5, 5.41) is 25.0. The van der Waals surface area contributed by atoms with Crippen LogP contribution in [0.15, 0.2) is 30.5 Å². The second-order valence-electron chi connectivity index (χ2n) is 9.55. The number of likely N-dealkylation sites (tertiary alicyclic amines) is 1. The van der Waals surface area contributed by atoms with Crippen molar-refractivity contribution in [1.82, 2.24) is 24.6 Å². The van der Waals surface area contributed by atoms with Crippen LogP contribution in [0.5, 0.6) is 0 Å². The summed E-state index contributed by atoms with van der Waals surface area (Å²) in [5.41, 5.74) is 4.10. The van der Waals surface area contributed by atoms with Crippen LogP contribution in [0.25, 0.3) is 16.7 Å². The van der Waals surface area contributed by atoms with Crippen molar-refractivity contribution in [2.45, 2.75) is 57.7 Å². The van der Waals surface area contributed by atoms with E-state index >= 15 is 0 Å². The Bertz CT molecular complexity index is 1330. The third-order valence-corrected chi connectivity index (χ3v) is 8.02. The van der Waals surface area contributed by atoms with Gasteiger partial charge in [0.2, 0.25) is 0 Å². The lowest BCUT2D eigenvalue weighted by Crippen LogP contribution is -2.45. The minimum atomic E-state index is -0.261. The Kier molecular flexibility index (Phi) is 6.82. The van der Waals surface area contributed by atoms with Gasteiger partial charge in [-0.1, -0.05) is 42.3 Å². The number of hydrogen-bond acceptors (Lipinski definition) is 6. The fraction of sp³-hybridized carbons (Fsp3) is 0.462. The van der Waals surface area contributed by atoms with Gasteiger partial charge in [0, 0.05) is 22.1 Å². The molecule has 35 heavy (non-hydrogen) atoms. The molecule has 0 bridgehead atoms. The third kappa shape index (κ3) is 4.45. The zero-order valence-electron chi connectivity index (χ0n) is 19.8. The van der Waals surface area contributed by atoms with E-state index in [0.717, 1.165) is 49.1 Å². The van der Waals surface area contributed by atoms with Gasteiger partial charge >= 0.3 is 0 Å². The molecule has 1 fully saturated rings. The molecule has 1 aliphatic carbocycles. The number of aromatic nitrogens is 4. The first-order chi connectivity index (χ1) is 16.9. The summed E-state index contributed by atoms with van der Waals surface area (Å²) in [6, 6.07) is 7.95. The van der Waals surface area contributed by atoms with Crippen molar-refractivity contribution in [3.63, 3.8) is 0 Å². The van der Waals surface area contributed by atoms with Gasteiger partial charge in [-0.3, -0.25) is 4.90 Å². The maximum atomic E-state index is 9.77. The van der Waals surface area contributed by atoms with Gasteiger partial charge in [-0.25, -0.2) is 14.6 Å². The van der Waals surface area contributed by atoms with Crippen molar-refractivity contribution >= 4 is 39.9 Å². The lowest BCUT2D eigenvalue weighted by atomic mass is 9.84. The van der Waals surface area contributed by atoms with Crippen LogP contribution >= 0.6 is 23.2 Å². The third-order valence-electron chi connectivity index (χ3n) is 7.46. The van der Waals surface area contributed by atoms with E-state index in [4.69, 9.17) is 28.2 Å². The van der Waals surface area contributed by atoms with E-state index < -0.39 is 0 Å². The van der Waals surface area contributed by atoms with Crippen LogP contribution in [0.1, 0.15) is 62.5 Å². The first-order valence-electron chi connectivity index (χ1n) is 12.1. The molecule has 0 spiro atoms. The van der Waals surface area contributed by atoms with Gasteiger partial charge in [-0.15, -0.1) is 0 Å². The molecule has 0 saturated carbocycles. The molecule has 1 aliphatic heterocycles. The molecular weight excluding hydrogens is 483 g/mol. The summed E-state index contributed by atoms with van der Waals surface area (Å²) in [7, 11) is 0. The summed E-state index contributed by atoms with van der Waals surface area (Å²) >= 11 is 12.5. The van der Waals surface area contributed by atoms with E-state index in [1.165, 1.54) is 0 Å². The Balaban J connectivity index is 1.50. The molecule has 1 saturated heterocycles. The van der Waals surface area contributed by atoms with E-state index in [-0.39, 0.29) is 24.4 Å². The number of rotatable bonds is 5. The zero-order chi connectivity index (χ0) is 24.7. The second kappa shape index (κ2) is 9.87. The Labute approximate surface area is 215 Å². The maximum Gasteiger partial charge on any atom is 0.190 e. The molecule has 1 unspecified atom stereocenters. The van der Waals surface area contributed by atoms with E-state index in [0.29, 0.717) is 33.2 Å². The minimum absolute atomic E-state index is 0.225. The Morgan fingerprint density at radius 1 is 1.29 bits per heavy atom. The standard InChI is InChI=1S/C26H28Cl2N6O/c1-15-10-17(5-8-24(15)33-9-3-4-19(33)14-35)23-13-30-25-22(12-29)32-34(26(25)31-23)16(2)20-7-6-18(27)11-21(20)28/h6-7,10-11,13,15-16,19,24,35H,3-5,8-9,14H2,1-2H3/t15-,16-,19?,24+/m1/s1. The highest BCUT2D eigenvalue weighted by atomic mass is 35.5. The van der Waals surface area contributed by atoms with Crippen LogP contribution in [0.3, 0.4) is 0 Å². The van der Waals surface area contributed by atoms with Crippen LogP contribution < -0.4 is 0 Å². The van der Waals surface area contributed by atoms with E-state index in [2.05, 4.69) is 34.1 Å².